The van der Waals surface area contributed by atoms with Crippen molar-refractivity contribution in [1.82, 2.24) is 4.90 Å². The molecule has 1 fully saturated rings. The molecule has 3 rings (SSSR count). The molecule has 0 bridgehead atoms. The van der Waals surface area contributed by atoms with Gasteiger partial charge in [0.25, 0.3) is 0 Å². The summed E-state index contributed by atoms with van der Waals surface area (Å²) >= 11 is 0. The van der Waals surface area contributed by atoms with E-state index in [1.54, 1.807) is 0 Å². The molecule has 0 unspecified atom stereocenters. The Labute approximate surface area is 156 Å². The van der Waals surface area contributed by atoms with Crippen molar-refractivity contribution in [2.45, 2.75) is 37.5 Å². The Hall–Kier alpha value is -2.18. The predicted octanol–water partition coefficient (Wildman–Crippen LogP) is 4.95. The molecule has 2 aromatic carbocycles. The Morgan fingerprint density at radius 1 is 1.08 bits per heavy atom. The standard InChI is InChI=1S/C23H27FN2/c1-26(17-14-19-8-12-22(24)13-9-19)16-5-15-23(18-25,21-10-11-21)20-6-3-2-4-7-20/h2-4,6-9,12-13,21H,5,10-11,14-17H2,1H3/t23-/m0/s1. The van der Waals surface area contributed by atoms with Crippen molar-refractivity contribution >= 4 is 0 Å². The second-order valence-electron chi connectivity index (χ2n) is 7.51. The molecule has 26 heavy (non-hydrogen) atoms. The normalized spacial score (nSPS) is 16.2. The third kappa shape index (κ3) is 4.51. The van der Waals surface area contributed by atoms with Crippen LogP contribution in [0.1, 0.15) is 36.8 Å². The van der Waals surface area contributed by atoms with Crippen LogP contribution in [0.4, 0.5) is 4.39 Å². The van der Waals surface area contributed by atoms with Crippen molar-refractivity contribution in [2.24, 2.45) is 5.92 Å². The van der Waals surface area contributed by atoms with Gasteiger partial charge in [0.1, 0.15) is 5.82 Å². The van der Waals surface area contributed by atoms with Crippen LogP contribution in [-0.4, -0.2) is 25.0 Å². The molecule has 1 aliphatic carbocycles. The first kappa shape index (κ1) is 18.6. The maximum absolute atomic E-state index is 13.0. The van der Waals surface area contributed by atoms with Crippen LogP contribution in [-0.2, 0) is 11.8 Å². The maximum atomic E-state index is 13.0. The van der Waals surface area contributed by atoms with Crippen LogP contribution in [0.2, 0.25) is 0 Å². The lowest BCUT2D eigenvalue weighted by Crippen LogP contribution is -2.29. The summed E-state index contributed by atoms with van der Waals surface area (Å²) in [5.41, 5.74) is 2.02. The first-order valence-electron chi connectivity index (χ1n) is 9.54. The zero-order chi connectivity index (χ0) is 18.4. The third-order valence-electron chi connectivity index (χ3n) is 5.57. The summed E-state index contributed by atoms with van der Waals surface area (Å²) in [5, 5.41) is 9.99. The Kier molecular flexibility index (Phi) is 6.06. The van der Waals surface area contributed by atoms with Gasteiger partial charge in [0.2, 0.25) is 0 Å². The Balaban J connectivity index is 1.52. The van der Waals surface area contributed by atoms with Crippen molar-refractivity contribution in [3.63, 3.8) is 0 Å². The minimum Gasteiger partial charge on any atom is -0.306 e. The highest BCUT2D eigenvalue weighted by Crippen LogP contribution is 2.49. The van der Waals surface area contributed by atoms with E-state index < -0.39 is 0 Å². The number of nitrogens with zero attached hydrogens (tertiary/aromatic N) is 2. The fourth-order valence-corrected chi connectivity index (χ4v) is 3.82. The van der Waals surface area contributed by atoms with Gasteiger partial charge in [0.05, 0.1) is 11.5 Å². The molecule has 0 heterocycles. The molecule has 0 aromatic heterocycles. The van der Waals surface area contributed by atoms with Crippen LogP contribution >= 0.6 is 0 Å². The second kappa shape index (κ2) is 8.47. The van der Waals surface area contributed by atoms with Gasteiger partial charge < -0.3 is 4.90 Å². The van der Waals surface area contributed by atoms with Gasteiger partial charge in [-0.2, -0.15) is 5.26 Å². The van der Waals surface area contributed by atoms with E-state index in [-0.39, 0.29) is 11.2 Å². The Morgan fingerprint density at radius 3 is 2.38 bits per heavy atom. The van der Waals surface area contributed by atoms with E-state index >= 15 is 0 Å². The van der Waals surface area contributed by atoms with Crippen molar-refractivity contribution in [3.05, 3.63) is 71.5 Å². The highest BCUT2D eigenvalue weighted by atomic mass is 19.1. The molecular formula is C23H27FN2. The van der Waals surface area contributed by atoms with Crippen LogP contribution in [0.3, 0.4) is 0 Å². The molecule has 0 spiro atoms. The molecule has 2 nitrogen and oxygen atoms in total. The summed E-state index contributed by atoms with van der Waals surface area (Å²) < 4.78 is 13.0. The summed E-state index contributed by atoms with van der Waals surface area (Å²) in [6.45, 7) is 1.92. The lowest BCUT2D eigenvalue weighted by Gasteiger charge is -2.28. The van der Waals surface area contributed by atoms with E-state index in [2.05, 4.69) is 30.1 Å². The lowest BCUT2D eigenvalue weighted by atomic mass is 9.74. The molecule has 2 aromatic rings. The zero-order valence-corrected chi connectivity index (χ0v) is 15.5. The van der Waals surface area contributed by atoms with Gasteiger partial charge in [-0.05, 0) is 74.9 Å². The topological polar surface area (TPSA) is 27.0 Å². The number of nitriles is 1. The molecule has 0 radical (unpaired) electrons. The summed E-state index contributed by atoms with van der Waals surface area (Å²) in [5.74, 6) is 0.329. The van der Waals surface area contributed by atoms with Crippen LogP contribution in [0, 0.1) is 23.1 Å². The molecule has 1 atom stereocenters. The molecule has 1 aliphatic rings. The quantitative estimate of drug-likeness (QED) is 0.640. The number of halogens is 1. The minimum absolute atomic E-state index is 0.184. The summed E-state index contributed by atoms with van der Waals surface area (Å²) in [7, 11) is 2.12. The van der Waals surface area contributed by atoms with Gasteiger partial charge in [-0.3, -0.25) is 0 Å². The molecule has 0 amide bonds. The van der Waals surface area contributed by atoms with Crippen molar-refractivity contribution in [1.29, 1.82) is 5.26 Å². The highest BCUT2D eigenvalue weighted by Gasteiger charge is 2.46. The van der Waals surface area contributed by atoms with Crippen molar-refractivity contribution < 1.29 is 4.39 Å². The molecular weight excluding hydrogens is 323 g/mol. The average Bonchev–Trinajstić information content (AvgIpc) is 3.51. The van der Waals surface area contributed by atoms with Crippen LogP contribution in [0.15, 0.2) is 54.6 Å². The molecule has 0 N–H and O–H groups in total. The van der Waals surface area contributed by atoms with Crippen molar-refractivity contribution in [3.8, 4) is 6.07 Å². The van der Waals surface area contributed by atoms with Crippen LogP contribution < -0.4 is 0 Å². The first-order chi connectivity index (χ1) is 12.6. The third-order valence-corrected chi connectivity index (χ3v) is 5.57. The zero-order valence-electron chi connectivity index (χ0n) is 15.5. The summed E-state index contributed by atoms with van der Waals surface area (Å²) in [4.78, 5) is 2.31. The number of rotatable bonds is 9. The fourth-order valence-electron chi connectivity index (χ4n) is 3.82. The number of benzene rings is 2. The number of hydrogen-bond acceptors (Lipinski definition) is 2. The molecule has 0 saturated heterocycles. The second-order valence-corrected chi connectivity index (χ2v) is 7.51. The summed E-state index contributed by atoms with van der Waals surface area (Å²) in [6, 6.07) is 19.7. The molecule has 1 saturated carbocycles. The maximum Gasteiger partial charge on any atom is 0.123 e. The minimum atomic E-state index is -0.320. The van der Waals surface area contributed by atoms with E-state index in [1.165, 1.54) is 30.5 Å². The van der Waals surface area contributed by atoms with E-state index in [1.807, 2.05) is 30.3 Å². The van der Waals surface area contributed by atoms with E-state index in [9.17, 15) is 9.65 Å². The van der Waals surface area contributed by atoms with Gasteiger partial charge >= 0.3 is 0 Å². The Bertz CT molecular complexity index is 731. The van der Waals surface area contributed by atoms with Gasteiger partial charge in [0, 0.05) is 6.54 Å². The van der Waals surface area contributed by atoms with E-state index in [0.717, 1.165) is 37.9 Å². The monoisotopic (exact) mass is 350 g/mol. The SMILES string of the molecule is CN(CCC[C@](C#N)(c1ccccc1)C1CC1)CCc1ccc(F)cc1. The molecule has 0 aliphatic heterocycles. The first-order valence-corrected chi connectivity index (χ1v) is 9.54. The van der Waals surface area contributed by atoms with E-state index in [0.29, 0.717) is 5.92 Å². The van der Waals surface area contributed by atoms with Crippen molar-refractivity contribution in [2.75, 3.05) is 20.1 Å². The Morgan fingerprint density at radius 2 is 1.77 bits per heavy atom. The van der Waals surface area contributed by atoms with Gasteiger partial charge in [-0.15, -0.1) is 0 Å². The average molecular weight is 350 g/mol. The number of likely N-dealkylation sites (N-methyl/N-ethyl adjacent to an activating group) is 1. The molecule has 136 valence electrons. The lowest BCUT2D eigenvalue weighted by molar-refractivity contribution is 0.308. The van der Waals surface area contributed by atoms with Gasteiger partial charge in [-0.25, -0.2) is 4.39 Å². The number of hydrogen-bond donors (Lipinski definition) is 0. The molecule has 3 heteroatoms. The summed E-state index contributed by atoms with van der Waals surface area (Å²) in [6.07, 6.45) is 5.19. The van der Waals surface area contributed by atoms with Crippen LogP contribution in [0.5, 0.6) is 0 Å². The van der Waals surface area contributed by atoms with E-state index in [4.69, 9.17) is 0 Å². The van der Waals surface area contributed by atoms with Gasteiger partial charge in [0.15, 0.2) is 0 Å². The smallest absolute Gasteiger partial charge is 0.123 e. The fraction of sp³-hybridized carbons (Fsp3) is 0.435. The van der Waals surface area contributed by atoms with Gasteiger partial charge in [-0.1, -0.05) is 42.5 Å². The largest absolute Gasteiger partial charge is 0.306 e. The van der Waals surface area contributed by atoms with Crippen LogP contribution in [0.25, 0.3) is 0 Å². The highest BCUT2D eigenvalue weighted by molar-refractivity contribution is 5.35. The predicted molar refractivity (Wildman–Crippen MR) is 103 cm³/mol.